The molecule has 13 heavy (non-hydrogen) atoms. The molecule has 2 N–H and O–H groups in total. The van der Waals surface area contributed by atoms with Crippen molar-refractivity contribution in [3.8, 4) is 0 Å². The van der Waals surface area contributed by atoms with Gasteiger partial charge in [0.05, 0.1) is 11.4 Å². The van der Waals surface area contributed by atoms with E-state index in [1.165, 1.54) is 0 Å². The number of nitrogens with one attached hydrogen (secondary N) is 1. The van der Waals surface area contributed by atoms with Crippen molar-refractivity contribution in [3.63, 3.8) is 0 Å². The molecule has 1 aromatic heterocycles. The molecule has 0 atom stereocenters. The quantitative estimate of drug-likeness (QED) is 0.730. The maximum Gasteiger partial charge on any atom is 0.101 e. The summed E-state index contributed by atoms with van der Waals surface area (Å²) in [6.07, 6.45) is 0. The van der Waals surface area contributed by atoms with Crippen LogP contribution < -0.4 is 5.32 Å². The van der Waals surface area contributed by atoms with Crippen LogP contribution in [0.5, 0.6) is 0 Å². The number of aromatic nitrogens is 1. The average molecular weight is 180 g/mol. The fourth-order valence-electron chi connectivity index (χ4n) is 1.10. The molecule has 1 rings (SSSR count). The second-order valence-corrected chi connectivity index (χ2v) is 3.60. The predicted molar refractivity (Wildman–Crippen MR) is 52.2 cm³/mol. The summed E-state index contributed by atoms with van der Waals surface area (Å²) in [5.74, 6) is 0. The van der Waals surface area contributed by atoms with E-state index in [1.807, 2.05) is 25.2 Å². The molecule has 0 saturated carbocycles. The van der Waals surface area contributed by atoms with Gasteiger partial charge in [0.2, 0.25) is 0 Å². The average Bonchev–Trinajstić information content (AvgIpc) is 2.04. The maximum atomic E-state index is 9.70. The minimum atomic E-state index is -0.857. The fraction of sp³-hybridized carbons (Fsp3) is 0.500. The molecule has 0 aliphatic heterocycles. The Balaban J connectivity index is 2.92. The molecule has 0 bridgehead atoms. The lowest BCUT2D eigenvalue weighted by molar-refractivity contribution is 0.0736. The van der Waals surface area contributed by atoms with Crippen LogP contribution in [-0.4, -0.2) is 17.1 Å². The molecule has 72 valence electrons. The molecule has 0 aromatic carbocycles. The van der Waals surface area contributed by atoms with Gasteiger partial charge in [0.15, 0.2) is 0 Å². The number of hydrogen-bond donors (Lipinski definition) is 2. The van der Waals surface area contributed by atoms with Crippen LogP contribution in [0.3, 0.4) is 0 Å². The Kier molecular flexibility index (Phi) is 3.01. The van der Waals surface area contributed by atoms with Crippen molar-refractivity contribution >= 4 is 0 Å². The molecule has 3 heteroatoms. The molecule has 1 heterocycles. The zero-order chi connectivity index (χ0) is 9.90. The van der Waals surface area contributed by atoms with E-state index >= 15 is 0 Å². The van der Waals surface area contributed by atoms with Crippen molar-refractivity contribution in [1.82, 2.24) is 10.3 Å². The van der Waals surface area contributed by atoms with Gasteiger partial charge < -0.3 is 10.4 Å². The summed E-state index contributed by atoms with van der Waals surface area (Å²) in [6, 6.07) is 5.68. The summed E-state index contributed by atoms with van der Waals surface area (Å²) in [4.78, 5) is 4.32. The van der Waals surface area contributed by atoms with Crippen LogP contribution in [-0.2, 0) is 12.1 Å². The zero-order valence-electron chi connectivity index (χ0n) is 8.33. The van der Waals surface area contributed by atoms with Crippen LogP contribution in [0, 0.1) is 0 Å². The lowest BCUT2D eigenvalue weighted by Crippen LogP contribution is -2.19. The topological polar surface area (TPSA) is 45.1 Å². The SMILES string of the molecule is CNCc1cccc(C(C)(C)O)n1. The van der Waals surface area contributed by atoms with Crippen molar-refractivity contribution in [3.05, 3.63) is 29.6 Å². The van der Waals surface area contributed by atoms with E-state index in [-0.39, 0.29) is 0 Å². The number of pyridine rings is 1. The number of nitrogens with zero attached hydrogens (tertiary/aromatic N) is 1. The van der Waals surface area contributed by atoms with Gasteiger partial charge in [-0.05, 0) is 33.0 Å². The fourth-order valence-corrected chi connectivity index (χ4v) is 1.10. The summed E-state index contributed by atoms with van der Waals surface area (Å²) >= 11 is 0. The Morgan fingerprint density at radius 1 is 1.46 bits per heavy atom. The third-order valence-corrected chi connectivity index (χ3v) is 1.79. The van der Waals surface area contributed by atoms with Gasteiger partial charge in [-0.1, -0.05) is 6.07 Å². The van der Waals surface area contributed by atoms with Gasteiger partial charge in [-0.3, -0.25) is 4.98 Å². The number of aliphatic hydroxyl groups is 1. The zero-order valence-corrected chi connectivity index (χ0v) is 8.33. The third kappa shape index (κ3) is 2.79. The standard InChI is InChI=1S/C10H16N2O/c1-10(2,13)9-6-4-5-8(12-9)7-11-3/h4-6,11,13H,7H2,1-3H3. The molecule has 0 amide bonds. The first-order valence-electron chi connectivity index (χ1n) is 4.37. The van der Waals surface area contributed by atoms with E-state index in [4.69, 9.17) is 0 Å². The highest BCUT2D eigenvalue weighted by molar-refractivity contribution is 5.15. The summed E-state index contributed by atoms with van der Waals surface area (Å²) in [6.45, 7) is 4.20. The van der Waals surface area contributed by atoms with Gasteiger partial charge in [0, 0.05) is 6.54 Å². The first-order chi connectivity index (χ1) is 6.04. The molecular weight excluding hydrogens is 164 g/mol. The van der Waals surface area contributed by atoms with Gasteiger partial charge >= 0.3 is 0 Å². The minimum Gasteiger partial charge on any atom is -0.384 e. The van der Waals surface area contributed by atoms with E-state index in [0.717, 1.165) is 12.2 Å². The van der Waals surface area contributed by atoms with Crippen molar-refractivity contribution in [1.29, 1.82) is 0 Å². The van der Waals surface area contributed by atoms with Crippen molar-refractivity contribution in [2.45, 2.75) is 26.0 Å². The maximum absolute atomic E-state index is 9.70. The van der Waals surface area contributed by atoms with Gasteiger partial charge in [-0.2, -0.15) is 0 Å². The van der Waals surface area contributed by atoms with E-state index < -0.39 is 5.60 Å². The Morgan fingerprint density at radius 2 is 2.15 bits per heavy atom. The summed E-state index contributed by atoms with van der Waals surface area (Å²) in [5, 5.41) is 12.7. The largest absolute Gasteiger partial charge is 0.384 e. The predicted octanol–water partition coefficient (Wildman–Crippen LogP) is 1.03. The molecule has 0 saturated heterocycles. The van der Waals surface area contributed by atoms with E-state index in [0.29, 0.717) is 5.69 Å². The molecule has 0 aliphatic rings. The van der Waals surface area contributed by atoms with Gasteiger partial charge in [-0.15, -0.1) is 0 Å². The Morgan fingerprint density at radius 3 is 2.69 bits per heavy atom. The van der Waals surface area contributed by atoms with E-state index in [9.17, 15) is 5.11 Å². The van der Waals surface area contributed by atoms with Crippen LogP contribution in [0.2, 0.25) is 0 Å². The lowest BCUT2D eigenvalue weighted by atomic mass is 10.0. The van der Waals surface area contributed by atoms with Gasteiger partial charge in [-0.25, -0.2) is 0 Å². The first kappa shape index (κ1) is 10.2. The molecule has 0 aliphatic carbocycles. The first-order valence-corrected chi connectivity index (χ1v) is 4.37. The summed E-state index contributed by atoms with van der Waals surface area (Å²) < 4.78 is 0. The molecule has 3 nitrogen and oxygen atoms in total. The van der Waals surface area contributed by atoms with Crippen LogP contribution in [0.4, 0.5) is 0 Å². The smallest absolute Gasteiger partial charge is 0.101 e. The van der Waals surface area contributed by atoms with Crippen LogP contribution >= 0.6 is 0 Å². The molecule has 0 unspecified atom stereocenters. The monoisotopic (exact) mass is 180 g/mol. The van der Waals surface area contributed by atoms with Gasteiger partial charge in [0.1, 0.15) is 5.60 Å². The van der Waals surface area contributed by atoms with Crippen LogP contribution in [0.25, 0.3) is 0 Å². The highest BCUT2D eigenvalue weighted by Crippen LogP contribution is 2.16. The second kappa shape index (κ2) is 3.85. The molecule has 0 radical (unpaired) electrons. The normalized spacial score (nSPS) is 11.7. The van der Waals surface area contributed by atoms with Crippen molar-refractivity contribution < 1.29 is 5.11 Å². The van der Waals surface area contributed by atoms with E-state index in [1.54, 1.807) is 13.8 Å². The van der Waals surface area contributed by atoms with Crippen molar-refractivity contribution in [2.24, 2.45) is 0 Å². The Bertz CT molecular complexity index is 278. The van der Waals surface area contributed by atoms with E-state index in [2.05, 4.69) is 10.3 Å². The lowest BCUT2D eigenvalue weighted by Gasteiger charge is -2.16. The molecule has 0 fully saturated rings. The van der Waals surface area contributed by atoms with Crippen LogP contribution in [0.1, 0.15) is 25.2 Å². The Hall–Kier alpha value is -0.930. The van der Waals surface area contributed by atoms with Crippen molar-refractivity contribution in [2.75, 3.05) is 7.05 Å². The summed E-state index contributed by atoms with van der Waals surface area (Å²) in [5.41, 5.74) is 0.798. The van der Waals surface area contributed by atoms with Gasteiger partial charge in [0.25, 0.3) is 0 Å². The van der Waals surface area contributed by atoms with Crippen LogP contribution in [0.15, 0.2) is 18.2 Å². The molecular formula is C10H16N2O. The minimum absolute atomic E-state index is 0.709. The number of rotatable bonds is 3. The summed E-state index contributed by atoms with van der Waals surface area (Å²) in [7, 11) is 1.87. The molecule has 0 spiro atoms. The molecule has 1 aromatic rings. The number of hydrogen-bond acceptors (Lipinski definition) is 3. The highest BCUT2D eigenvalue weighted by Gasteiger charge is 2.17. The second-order valence-electron chi connectivity index (χ2n) is 3.60. The Labute approximate surface area is 78.8 Å². The highest BCUT2D eigenvalue weighted by atomic mass is 16.3. The third-order valence-electron chi connectivity index (χ3n) is 1.79.